The van der Waals surface area contributed by atoms with E-state index in [0.29, 0.717) is 17.7 Å². The molecule has 0 saturated carbocycles. The SMILES string of the molecule is Cc1cccc(CNC(=O)c2ccc(C(=O)Nc3ccc4c(c3)CN(C)CC4)cc2)c1. The number of rotatable bonds is 5. The highest BCUT2D eigenvalue weighted by atomic mass is 16.2. The number of nitrogens with zero attached hydrogens (tertiary/aromatic N) is 1. The highest BCUT2D eigenvalue weighted by Crippen LogP contribution is 2.22. The van der Waals surface area contributed by atoms with Gasteiger partial charge in [0, 0.05) is 36.4 Å². The molecule has 1 heterocycles. The molecule has 0 bridgehead atoms. The summed E-state index contributed by atoms with van der Waals surface area (Å²) in [6.45, 7) is 4.45. The van der Waals surface area contributed by atoms with Gasteiger partial charge in [-0.3, -0.25) is 9.59 Å². The molecule has 5 heteroatoms. The van der Waals surface area contributed by atoms with Crippen molar-refractivity contribution in [2.24, 2.45) is 0 Å². The van der Waals surface area contributed by atoms with Gasteiger partial charge in [0.05, 0.1) is 0 Å². The maximum absolute atomic E-state index is 12.6. The van der Waals surface area contributed by atoms with E-state index in [1.54, 1.807) is 24.3 Å². The van der Waals surface area contributed by atoms with Gasteiger partial charge >= 0.3 is 0 Å². The molecule has 3 aromatic rings. The number of carbonyl (C=O) groups excluding carboxylic acids is 2. The average Bonchev–Trinajstić information content (AvgIpc) is 2.77. The minimum atomic E-state index is -0.184. The van der Waals surface area contributed by atoms with Crippen molar-refractivity contribution < 1.29 is 9.59 Å². The summed E-state index contributed by atoms with van der Waals surface area (Å²) in [6.07, 6.45) is 1.04. The van der Waals surface area contributed by atoms with Gasteiger partial charge in [-0.05, 0) is 73.5 Å². The van der Waals surface area contributed by atoms with Gasteiger partial charge in [-0.15, -0.1) is 0 Å². The van der Waals surface area contributed by atoms with E-state index in [4.69, 9.17) is 0 Å². The number of aryl methyl sites for hydroxylation is 1. The molecule has 0 radical (unpaired) electrons. The fraction of sp³-hybridized carbons (Fsp3) is 0.231. The molecule has 4 rings (SSSR count). The standard InChI is InChI=1S/C26H27N3O2/c1-18-4-3-5-19(14-18)16-27-25(30)21-6-8-22(9-7-21)26(31)28-24-11-10-20-12-13-29(2)17-23(20)15-24/h3-11,14-15H,12-13,16-17H2,1-2H3,(H,27,30)(H,28,31). The van der Waals surface area contributed by atoms with Crippen LogP contribution in [0.1, 0.15) is 43.0 Å². The number of amides is 2. The molecule has 2 amide bonds. The molecule has 0 saturated heterocycles. The van der Waals surface area contributed by atoms with Crippen LogP contribution in [0.15, 0.2) is 66.7 Å². The maximum Gasteiger partial charge on any atom is 0.255 e. The monoisotopic (exact) mass is 413 g/mol. The van der Waals surface area contributed by atoms with Gasteiger partial charge < -0.3 is 15.5 Å². The van der Waals surface area contributed by atoms with Crippen LogP contribution in [0, 0.1) is 6.92 Å². The minimum absolute atomic E-state index is 0.160. The van der Waals surface area contributed by atoms with E-state index in [0.717, 1.165) is 36.3 Å². The van der Waals surface area contributed by atoms with Gasteiger partial charge in [0.1, 0.15) is 0 Å². The van der Waals surface area contributed by atoms with Crippen LogP contribution < -0.4 is 10.6 Å². The Labute approximate surface area is 183 Å². The number of hydrogen-bond acceptors (Lipinski definition) is 3. The lowest BCUT2D eigenvalue weighted by atomic mass is 9.99. The Morgan fingerprint density at radius 1 is 0.903 bits per heavy atom. The van der Waals surface area contributed by atoms with Crippen molar-refractivity contribution >= 4 is 17.5 Å². The molecule has 0 aliphatic carbocycles. The van der Waals surface area contributed by atoms with Crippen LogP contribution in [0.4, 0.5) is 5.69 Å². The number of nitrogens with one attached hydrogen (secondary N) is 2. The first-order valence-corrected chi connectivity index (χ1v) is 10.5. The Hall–Kier alpha value is -3.44. The number of likely N-dealkylation sites (N-methyl/N-ethyl adjacent to an activating group) is 1. The van der Waals surface area contributed by atoms with Crippen molar-refractivity contribution in [1.82, 2.24) is 10.2 Å². The van der Waals surface area contributed by atoms with Crippen molar-refractivity contribution in [2.75, 3.05) is 18.9 Å². The Balaban J connectivity index is 1.37. The van der Waals surface area contributed by atoms with E-state index >= 15 is 0 Å². The van der Waals surface area contributed by atoms with Crippen molar-refractivity contribution in [3.63, 3.8) is 0 Å². The summed E-state index contributed by atoms with van der Waals surface area (Å²) in [5, 5.41) is 5.89. The first kappa shape index (κ1) is 20.8. The molecule has 5 nitrogen and oxygen atoms in total. The van der Waals surface area contributed by atoms with Crippen LogP contribution in [0.25, 0.3) is 0 Å². The van der Waals surface area contributed by atoms with E-state index in [9.17, 15) is 9.59 Å². The van der Waals surface area contributed by atoms with E-state index in [1.165, 1.54) is 11.1 Å². The zero-order valence-electron chi connectivity index (χ0n) is 17.9. The van der Waals surface area contributed by atoms with Gasteiger partial charge in [0.25, 0.3) is 11.8 Å². The molecular weight excluding hydrogens is 386 g/mol. The topological polar surface area (TPSA) is 61.4 Å². The van der Waals surface area contributed by atoms with Crippen LogP contribution in [0.2, 0.25) is 0 Å². The van der Waals surface area contributed by atoms with Crippen molar-refractivity contribution in [1.29, 1.82) is 0 Å². The average molecular weight is 414 g/mol. The highest BCUT2D eigenvalue weighted by molar-refractivity contribution is 6.05. The molecule has 2 N–H and O–H groups in total. The fourth-order valence-corrected chi connectivity index (χ4v) is 3.86. The number of carbonyl (C=O) groups is 2. The number of anilines is 1. The zero-order chi connectivity index (χ0) is 21.8. The third kappa shape index (κ3) is 5.19. The van der Waals surface area contributed by atoms with Crippen LogP contribution in [-0.2, 0) is 19.5 Å². The third-order valence-corrected chi connectivity index (χ3v) is 5.61. The number of fused-ring (bicyclic) bond motifs is 1. The quantitative estimate of drug-likeness (QED) is 0.660. The second-order valence-corrected chi connectivity index (χ2v) is 8.17. The molecular formula is C26H27N3O2. The van der Waals surface area contributed by atoms with Gasteiger partial charge in [0.2, 0.25) is 0 Å². The predicted molar refractivity (Wildman–Crippen MR) is 123 cm³/mol. The second-order valence-electron chi connectivity index (χ2n) is 8.17. The van der Waals surface area contributed by atoms with Crippen LogP contribution in [0.3, 0.4) is 0 Å². The first-order chi connectivity index (χ1) is 15.0. The minimum Gasteiger partial charge on any atom is -0.348 e. The molecule has 1 aliphatic heterocycles. The molecule has 0 unspecified atom stereocenters. The van der Waals surface area contributed by atoms with E-state index < -0.39 is 0 Å². The summed E-state index contributed by atoms with van der Waals surface area (Å²) in [5.41, 5.74) is 6.66. The van der Waals surface area contributed by atoms with Crippen LogP contribution in [0.5, 0.6) is 0 Å². The smallest absolute Gasteiger partial charge is 0.255 e. The maximum atomic E-state index is 12.6. The van der Waals surface area contributed by atoms with Crippen molar-refractivity contribution in [3.8, 4) is 0 Å². The summed E-state index contributed by atoms with van der Waals surface area (Å²) >= 11 is 0. The molecule has 1 aliphatic rings. The molecule has 0 fully saturated rings. The molecule has 0 spiro atoms. The number of hydrogen-bond donors (Lipinski definition) is 2. The Morgan fingerprint density at radius 3 is 2.39 bits per heavy atom. The Morgan fingerprint density at radius 2 is 1.65 bits per heavy atom. The third-order valence-electron chi connectivity index (χ3n) is 5.61. The lowest BCUT2D eigenvalue weighted by Crippen LogP contribution is -2.26. The van der Waals surface area contributed by atoms with Gasteiger partial charge in [0.15, 0.2) is 0 Å². The van der Waals surface area contributed by atoms with Crippen LogP contribution in [-0.4, -0.2) is 30.3 Å². The Kier molecular flexibility index (Phi) is 6.14. The Bertz CT molecular complexity index is 1110. The second kappa shape index (κ2) is 9.14. The molecule has 3 aromatic carbocycles. The van der Waals surface area contributed by atoms with Crippen molar-refractivity contribution in [2.45, 2.75) is 26.4 Å². The lowest BCUT2D eigenvalue weighted by Gasteiger charge is -2.25. The van der Waals surface area contributed by atoms with Crippen molar-refractivity contribution in [3.05, 3.63) is 100 Å². The number of benzene rings is 3. The summed E-state index contributed by atoms with van der Waals surface area (Å²) in [5.74, 6) is -0.344. The van der Waals surface area contributed by atoms with Gasteiger partial charge in [-0.25, -0.2) is 0 Å². The molecule has 0 aromatic heterocycles. The predicted octanol–water partition coefficient (Wildman–Crippen LogP) is 4.17. The lowest BCUT2D eigenvalue weighted by molar-refractivity contribution is 0.0949. The van der Waals surface area contributed by atoms with Crippen LogP contribution >= 0.6 is 0 Å². The summed E-state index contributed by atoms with van der Waals surface area (Å²) in [4.78, 5) is 27.3. The van der Waals surface area contributed by atoms with E-state index in [-0.39, 0.29) is 11.8 Å². The fourth-order valence-electron chi connectivity index (χ4n) is 3.86. The van der Waals surface area contributed by atoms with Gasteiger partial charge in [-0.2, -0.15) is 0 Å². The normalized spacial score (nSPS) is 13.4. The zero-order valence-corrected chi connectivity index (χ0v) is 17.9. The first-order valence-electron chi connectivity index (χ1n) is 10.5. The molecule has 0 atom stereocenters. The summed E-state index contributed by atoms with van der Waals surface area (Å²) < 4.78 is 0. The van der Waals surface area contributed by atoms with E-state index in [2.05, 4.69) is 34.7 Å². The van der Waals surface area contributed by atoms with E-state index in [1.807, 2.05) is 37.3 Å². The summed E-state index contributed by atoms with van der Waals surface area (Å²) in [6, 6.07) is 20.9. The molecule has 158 valence electrons. The highest BCUT2D eigenvalue weighted by Gasteiger charge is 2.15. The largest absolute Gasteiger partial charge is 0.348 e. The molecule has 31 heavy (non-hydrogen) atoms. The summed E-state index contributed by atoms with van der Waals surface area (Å²) in [7, 11) is 2.10. The van der Waals surface area contributed by atoms with Gasteiger partial charge in [-0.1, -0.05) is 35.9 Å².